The number of hydrogen-bond donors (Lipinski definition) is 1. The van der Waals surface area contributed by atoms with Gasteiger partial charge in [-0.1, -0.05) is 18.2 Å². The molecule has 3 atom stereocenters. The lowest BCUT2D eigenvalue weighted by atomic mass is 9.88. The van der Waals surface area contributed by atoms with E-state index in [0.29, 0.717) is 0 Å². The lowest BCUT2D eigenvalue weighted by Crippen LogP contribution is -2.50. The van der Waals surface area contributed by atoms with E-state index >= 15 is 0 Å². The summed E-state index contributed by atoms with van der Waals surface area (Å²) >= 11 is 1.89. The molecule has 1 aliphatic heterocycles. The van der Waals surface area contributed by atoms with Gasteiger partial charge in [0.1, 0.15) is 0 Å². The first-order valence-corrected chi connectivity index (χ1v) is 10.3. The Labute approximate surface area is 131 Å². The van der Waals surface area contributed by atoms with E-state index in [4.69, 9.17) is 0 Å². The third-order valence-electron chi connectivity index (χ3n) is 4.96. The van der Waals surface area contributed by atoms with Crippen LogP contribution in [0.5, 0.6) is 0 Å². The summed E-state index contributed by atoms with van der Waals surface area (Å²) in [5, 5.41) is 11.3. The van der Waals surface area contributed by atoms with Crippen LogP contribution in [0.1, 0.15) is 32.1 Å². The Hall–Kier alpha value is -0.520. The Kier molecular flexibility index (Phi) is 4.10. The van der Waals surface area contributed by atoms with Gasteiger partial charge < -0.3 is 5.11 Å². The average Bonchev–Trinajstić information content (AvgIpc) is 3.09. The molecule has 1 N–H and O–H groups in total. The van der Waals surface area contributed by atoms with E-state index < -0.39 is 15.3 Å². The maximum Gasteiger partial charge on any atom is 0.0920 e. The van der Waals surface area contributed by atoms with Crippen molar-refractivity contribution in [1.29, 1.82) is 0 Å². The highest BCUT2D eigenvalue weighted by atomic mass is 32.2. The van der Waals surface area contributed by atoms with Crippen molar-refractivity contribution >= 4 is 21.5 Å². The zero-order valence-electron chi connectivity index (χ0n) is 12.5. The van der Waals surface area contributed by atoms with Crippen molar-refractivity contribution in [2.24, 2.45) is 4.36 Å². The second kappa shape index (κ2) is 5.60. The fourth-order valence-electron chi connectivity index (χ4n) is 3.80. The molecule has 21 heavy (non-hydrogen) atoms. The predicted molar refractivity (Wildman–Crippen MR) is 89.3 cm³/mol. The van der Waals surface area contributed by atoms with E-state index in [-0.39, 0.29) is 10.5 Å². The molecule has 3 nitrogen and oxygen atoms in total. The molecule has 2 fully saturated rings. The number of hydrogen-bond acceptors (Lipinski definition) is 4. The molecule has 3 rings (SSSR count). The van der Waals surface area contributed by atoms with Gasteiger partial charge in [0.05, 0.1) is 21.1 Å². The van der Waals surface area contributed by atoms with Crippen LogP contribution >= 0.6 is 11.8 Å². The molecule has 2 aliphatic rings. The van der Waals surface area contributed by atoms with Crippen LogP contribution in [-0.2, 0) is 9.73 Å². The molecule has 1 aromatic carbocycles. The monoisotopic (exact) mass is 325 g/mol. The third kappa shape index (κ3) is 2.53. The lowest BCUT2D eigenvalue weighted by Gasteiger charge is -2.39. The molecular formula is C16H23NO2S2. The van der Waals surface area contributed by atoms with E-state index in [0.717, 1.165) is 42.8 Å². The van der Waals surface area contributed by atoms with Crippen LogP contribution in [0.15, 0.2) is 39.6 Å². The first-order valence-electron chi connectivity index (χ1n) is 7.58. The van der Waals surface area contributed by atoms with E-state index in [1.54, 1.807) is 7.05 Å². The number of thioether (sulfide) groups is 1. The summed E-state index contributed by atoms with van der Waals surface area (Å²) in [7, 11) is -0.936. The Morgan fingerprint density at radius 1 is 1.24 bits per heavy atom. The van der Waals surface area contributed by atoms with Gasteiger partial charge in [-0.15, -0.1) is 0 Å². The highest BCUT2D eigenvalue weighted by Crippen LogP contribution is 2.56. The summed E-state index contributed by atoms with van der Waals surface area (Å²) in [6.07, 6.45) is 5.02. The SMILES string of the molecule is CN=[S@](=O)(C[C@@]1(O)CCC[C@@]12CCCS2)c1ccccc1. The first-order chi connectivity index (χ1) is 10.0. The number of nitrogens with zero attached hydrogens (tertiary/aromatic N) is 1. The van der Waals surface area contributed by atoms with Crippen molar-refractivity contribution in [3.63, 3.8) is 0 Å². The van der Waals surface area contributed by atoms with Crippen LogP contribution in [0.4, 0.5) is 0 Å². The van der Waals surface area contributed by atoms with E-state index in [1.807, 2.05) is 42.1 Å². The number of benzene rings is 1. The summed E-state index contributed by atoms with van der Waals surface area (Å²) in [6.45, 7) is 0. The van der Waals surface area contributed by atoms with Crippen molar-refractivity contribution in [3.05, 3.63) is 30.3 Å². The van der Waals surface area contributed by atoms with Crippen LogP contribution in [0.2, 0.25) is 0 Å². The first kappa shape index (κ1) is 15.4. The molecule has 0 aromatic heterocycles. The number of rotatable bonds is 3. The van der Waals surface area contributed by atoms with Crippen LogP contribution < -0.4 is 0 Å². The van der Waals surface area contributed by atoms with Crippen molar-refractivity contribution in [2.45, 2.75) is 47.3 Å². The Balaban J connectivity index is 1.96. The predicted octanol–water partition coefficient (Wildman–Crippen LogP) is 3.32. The molecule has 1 heterocycles. The molecule has 0 amide bonds. The quantitative estimate of drug-likeness (QED) is 0.927. The normalized spacial score (nSPS) is 35.0. The largest absolute Gasteiger partial charge is 0.387 e. The van der Waals surface area contributed by atoms with Gasteiger partial charge in [0.2, 0.25) is 0 Å². The van der Waals surface area contributed by atoms with Gasteiger partial charge in [0.25, 0.3) is 0 Å². The summed E-state index contributed by atoms with van der Waals surface area (Å²) < 4.78 is 17.4. The minimum Gasteiger partial charge on any atom is -0.387 e. The molecule has 0 bridgehead atoms. The third-order valence-corrected chi connectivity index (χ3v) is 9.26. The van der Waals surface area contributed by atoms with Gasteiger partial charge in [-0.25, -0.2) is 8.57 Å². The summed E-state index contributed by atoms with van der Waals surface area (Å²) in [5.74, 6) is 1.38. The summed E-state index contributed by atoms with van der Waals surface area (Å²) in [4.78, 5) is 0.742. The minimum atomic E-state index is -2.55. The van der Waals surface area contributed by atoms with Crippen LogP contribution in [0.3, 0.4) is 0 Å². The molecule has 116 valence electrons. The zero-order chi connectivity index (χ0) is 15.0. The average molecular weight is 325 g/mol. The molecule has 0 radical (unpaired) electrons. The molecule has 1 aromatic rings. The van der Waals surface area contributed by atoms with Gasteiger partial charge in [-0.05, 0) is 50.0 Å². The molecule has 1 spiro atoms. The van der Waals surface area contributed by atoms with Crippen LogP contribution in [0.25, 0.3) is 0 Å². The molecule has 1 aliphatic carbocycles. The summed E-state index contributed by atoms with van der Waals surface area (Å²) in [6, 6.07) is 9.42. The highest BCUT2D eigenvalue weighted by Gasteiger charge is 2.56. The molecular weight excluding hydrogens is 302 g/mol. The minimum absolute atomic E-state index is 0.0882. The standard InChI is InChI=1S/C16H23NO2S2/c1-17-21(19,14-7-3-2-4-8-14)13-15(18)9-5-10-16(15)11-6-12-20-16/h2-4,7-8,18H,5-6,9-13H2,1H3/t15-,16+,21-/m0/s1. The molecule has 0 unspecified atom stereocenters. The van der Waals surface area contributed by atoms with E-state index in [9.17, 15) is 9.32 Å². The lowest BCUT2D eigenvalue weighted by molar-refractivity contribution is 0.0407. The maximum atomic E-state index is 13.3. The molecule has 1 saturated heterocycles. The highest BCUT2D eigenvalue weighted by molar-refractivity contribution is 8.01. The molecule has 5 heteroatoms. The fourth-order valence-corrected chi connectivity index (χ4v) is 7.75. The van der Waals surface area contributed by atoms with Crippen LogP contribution in [-0.4, -0.2) is 38.2 Å². The van der Waals surface area contributed by atoms with Crippen molar-refractivity contribution in [2.75, 3.05) is 18.6 Å². The Bertz CT molecular complexity index is 611. The maximum absolute atomic E-state index is 13.3. The smallest absolute Gasteiger partial charge is 0.0920 e. The topological polar surface area (TPSA) is 49.7 Å². The van der Waals surface area contributed by atoms with Gasteiger partial charge in [-0.3, -0.25) is 0 Å². The van der Waals surface area contributed by atoms with E-state index in [2.05, 4.69) is 4.36 Å². The van der Waals surface area contributed by atoms with Crippen LogP contribution in [0, 0.1) is 0 Å². The Morgan fingerprint density at radius 2 is 1.95 bits per heavy atom. The van der Waals surface area contributed by atoms with E-state index in [1.165, 1.54) is 0 Å². The Morgan fingerprint density at radius 3 is 2.57 bits per heavy atom. The van der Waals surface area contributed by atoms with Crippen molar-refractivity contribution in [3.8, 4) is 0 Å². The fraction of sp³-hybridized carbons (Fsp3) is 0.625. The van der Waals surface area contributed by atoms with Crippen molar-refractivity contribution in [1.82, 2.24) is 0 Å². The second-order valence-electron chi connectivity index (χ2n) is 6.11. The van der Waals surface area contributed by atoms with Gasteiger partial charge in [-0.2, -0.15) is 11.8 Å². The number of aliphatic hydroxyl groups is 1. The molecule has 1 saturated carbocycles. The van der Waals surface area contributed by atoms with Gasteiger partial charge in [0, 0.05) is 16.7 Å². The van der Waals surface area contributed by atoms with Gasteiger partial charge >= 0.3 is 0 Å². The van der Waals surface area contributed by atoms with Crippen molar-refractivity contribution < 1.29 is 9.32 Å². The zero-order valence-corrected chi connectivity index (χ0v) is 14.1. The second-order valence-corrected chi connectivity index (χ2v) is 10.00. The van der Waals surface area contributed by atoms with Gasteiger partial charge in [0.15, 0.2) is 0 Å². The summed E-state index contributed by atoms with van der Waals surface area (Å²) in [5.41, 5.74) is -0.847.